The van der Waals surface area contributed by atoms with Crippen molar-refractivity contribution in [3.63, 3.8) is 0 Å². The van der Waals surface area contributed by atoms with Crippen molar-refractivity contribution >= 4 is 23.4 Å². The normalized spacial score (nSPS) is 33.2. The van der Waals surface area contributed by atoms with Gasteiger partial charge >= 0.3 is 0 Å². The number of nitrogens with zero attached hydrogens (tertiary/aromatic N) is 1. The van der Waals surface area contributed by atoms with Gasteiger partial charge in [-0.15, -0.1) is 0 Å². The van der Waals surface area contributed by atoms with Gasteiger partial charge in [-0.1, -0.05) is 11.6 Å². The van der Waals surface area contributed by atoms with E-state index in [1.54, 1.807) is 0 Å². The van der Waals surface area contributed by atoms with Gasteiger partial charge in [-0.2, -0.15) is 0 Å². The molecule has 0 aromatic heterocycles. The number of ether oxygens (including phenoxy) is 1. The van der Waals surface area contributed by atoms with Crippen LogP contribution in [-0.4, -0.2) is 48.9 Å². The topological polar surface area (TPSA) is 92.3 Å². The predicted octanol–water partition coefficient (Wildman–Crippen LogP) is -0.644. The molecule has 0 saturated carbocycles. The highest BCUT2D eigenvalue weighted by Gasteiger charge is 2.73. The zero-order valence-corrected chi connectivity index (χ0v) is 14.5. The van der Waals surface area contributed by atoms with Gasteiger partial charge in [-0.3, -0.25) is 19.3 Å². The highest BCUT2D eigenvalue weighted by atomic mass is 16.5. The smallest absolute Gasteiger partial charge is 0.291 e. The van der Waals surface area contributed by atoms with Crippen LogP contribution in [0, 0.1) is 18.8 Å². The predicted molar refractivity (Wildman–Crippen MR) is 88.5 cm³/mol. The minimum absolute atomic E-state index is 0.147. The molecule has 7 nitrogen and oxygen atoms in total. The number of rotatable bonds is 3. The first-order valence-electron chi connectivity index (χ1n) is 8.54. The fourth-order valence-electron chi connectivity index (χ4n) is 4.72. The minimum Gasteiger partial charge on any atom is -0.383 e. The highest BCUT2D eigenvalue weighted by Crippen LogP contribution is 2.48. The van der Waals surface area contributed by atoms with Crippen molar-refractivity contribution in [3.05, 3.63) is 29.3 Å². The molecule has 3 aliphatic rings. The Morgan fingerprint density at radius 1 is 1.28 bits per heavy atom. The summed E-state index contributed by atoms with van der Waals surface area (Å²) in [7, 11) is 1.53. The molecule has 0 bridgehead atoms. The first-order valence-corrected chi connectivity index (χ1v) is 8.54. The third kappa shape index (κ3) is 1.96. The van der Waals surface area contributed by atoms with E-state index in [0.717, 1.165) is 16.8 Å². The van der Waals surface area contributed by atoms with Gasteiger partial charge in [0.15, 0.2) is 0 Å². The Balaban J connectivity index is 1.83. The lowest BCUT2D eigenvalue weighted by Crippen LogP contribution is -2.98. The first-order chi connectivity index (χ1) is 11.9. The molecule has 3 amide bonds. The number of aryl methyl sites for hydroxylation is 1. The summed E-state index contributed by atoms with van der Waals surface area (Å²) in [5.74, 6) is -1.82. The van der Waals surface area contributed by atoms with Crippen LogP contribution in [0.25, 0.3) is 0 Å². The molecule has 2 saturated heterocycles. The van der Waals surface area contributed by atoms with Crippen LogP contribution in [0.4, 0.5) is 5.69 Å². The van der Waals surface area contributed by atoms with Crippen molar-refractivity contribution in [2.24, 2.45) is 11.8 Å². The maximum Gasteiger partial charge on any atom is 0.291 e. The molecule has 0 unspecified atom stereocenters. The van der Waals surface area contributed by atoms with Crippen molar-refractivity contribution < 1.29 is 24.4 Å². The Labute approximate surface area is 145 Å². The molecule has 25 heavy (non-hydrogen) atoms. The quantitative estimate of drug-likeness (QED) is 0.713. The molecule has 7 heteroatoms. The van der Waals surface area contributed by atoms with E-state index in [4.69, 9.17) is 4.74 Å². The number of anilines is 1. The first kappa shape index (κ1) is 16.2. The summed E-state index contributed by atoms with van der Waals surface area (Å²) >= 11 is 0. The van der Waals surface area contributed by atoms with E-state index < -0.39 is 17.4 Å². The number of nitrogens with one attached hydrogen (secondary N) is 1. The average Bonchev–Trinajstić information content (AvgIpc) is 3.12. The maximum absolute atomic E-state index is 13.1. The average molecular weight is 344 g/mol. The number of hydrogen-bond acceptors (Lipinski definition) is 4. The van der Waals surface area contributed by atoms with Crippen LogP contribution < -0.4 is 10.6 Å². The molecule has 1 spiro atoms. The molecule has 1 aromatic rings. The Hall–Kier alpha value is -2.25. The van der Waals surface area contributed by atoms with Gasteiger partial charge in [0, 0.05) is 12.7 Å². The number of hydrogen-bond donors (Lipinski definition) is 2. The summed E-state index contributed by atoms with van der Waals surface area (Å²) in [6.07, 6.45) is 0. The standard InChI is InChI=1S/C18H21N3O4/c1-9-4-5-12-11(8-9)18(17(24)19-12)14-13(10(2)20-18)15(22)21(16(14)23)6-7-25-3/h4-5,8,10,13-14,20H,6-7H2,1-3H3,(H,19,24)/p+1/t10-,13-,14+,18-/m1/s1. The number of benzene rings is 1. The third-order valence-electron chi connectivity index (χ3n) is 5.79. The molecule has 132 valence electrons. The van der Waals surface area contributed by atoms with Crippen molar-refractivity contribution in [1.82, 2.24) is 4.90 Å². The Morgan fingerprint density at radius 2 is 2.04 bits per heavy atom. The lowest BCUT2D eigenvalue weighted by Gasteiger charge is -2.26. The largest absolute Gasteiger partial charge is 0.383 e. The lowest BCUT2D eigenvalue weighted by molar-refractivity contribution is -0.730. The lowest BCUT2D eigenvalue weighted by atomic mass is 9.76. The Morgan fingerprint density at radius 3 is 2.76 bits per heavy atom. The van der Waals surface area contributed by atoms with Crippen LogP contribution in [0.3, 0.4) is 0 Å². The van der Waals surface area contributed by atoms with Gasteiger partial charge < -0.3 is 15.4 Å². The number of methoxy groups -OCH3 is 1. The summed E-state index contributed by atoms with van der Waals surface area (Å²) < 4.78 is 5.03. The molecule has 1 aromatic carbocycles. The van der Waals surface area contributed by atoms with Gasteiger partial charge in [0.1, 0.15) is 11.8 Å². The summed E-state index contributed by atoms with van der Waals surface area (Å²) in [5, 5.41) is 4.82. The number of nitrogens with two attached hydrogens (primary N) is 1. The van der Waals surface area contributed by atoms with Gasteiger partial charge in [0.05, 0.1) is 24.9 Å². The van der Waals surface area contributed by atoms with E-state index in [-0.39, 0.29) is 30.3 Å². The van der Waals surface area contributed by atoms with Crippen molar-refractivity contribution in [2.45, 2.75) is 25.4 Å². The van der Waals surface area contributed by atoms with Gasteiger partial charge in [0.2, 0.25) is 17.4 Å². The van der Waals surface area contributed by atoms with Crippen LogP contribution in [-0.2, 0) is 24.7 Å². The van der Waals surface area contributed by atoms with E-state index in [0.29, 0.717) is 6.61 Å². The number of quaternary nitrogens is 1. The second-order valence-corrected chi connectivity index (χ2v) is 7.22. The zero-order valence-electron chi connectivity index (χ0n) is 14.5. The fraction of sp³-hybridized carbons (Fsp3) is 0.500. The van der Waals surface area contributed by atoms with Crippen molar-refractivity contribution in [2.75, 3.05) is 25.6 Å². The van der Waals surface area contributed by atoms with E-state index >= 15 is 0 Å². The van der Waals surface area contributed by atoms with Crippen LogP contribution in [0.5, 0.6) is 0 Å². The van der Waals surface area contributed by atoms with E-state index in [1.807, 2.05) is 37.4 Å². The molecule has 3 N–H and O–H groups in total. The number of likely N-dealkylation sites (tertiary alicyclic amines) is 1. The van der Waals surface area contributed by atoms with Crippen LogP contribution in [0.2, 0.25) is 0 Å². The van der Waals surface area contributed by atoms with Gasteiger partial charge in [-0.25, -0.2) is 0 Å². The third-order valence-corrected chi connectivity index (χ3v) is 5.79. The van der Waals surface area contributed by atoms with Crippen molar-refractivity contribution in [1.29, 1.82) is 0 Å². The van der Waals surface area contributed by atoms with E-state index in [9.17, 15) is 14.4 Å². The van der Waals surface area contributed by atoms with Crippen LogP contribution in [0.15, 0.2) is 18.2 Å². The second-order valence-electron chi connectivity index (χ2n) is 7.22. The second kappa shape index (κ2) is 5.37. The molecule has 4 rings (SSSR count). The number of amides is 3. The Bertz CT molecular complexity index is 793. The van der Waals surface area contributed by atoms with Gasteiger partial charge in [-0.05, 0) is 26.0 Å². The molecule has 0 aliphatic carbocycles. The summed E-state index contributed by atoms with van der Waals surface area (Å²) in [6, 6.07) is 5.60. The minimum atomic E-state index is -1.06. The molecule has 4 atom stereocenters. The maximum atomic E-state index is 13.1. The summed E-state index contributed by atoms with van der Waals surface area (Å²) in [4.78, 5) is 40.2. The number of carbonyl (C=O) groups excluding carboxylic acids is 3. The van der Waals surface area contributed by atoms with Crippen LogP contribution >= 0.6 is 0 Å². The van der Waals surface area contributed by atoms with E-state index in [1.165, 1.54) is 12.0 Å². The molecule has 3 aliphatic heterocycles. The molecule has 3 heterocycles. The number of carbonyl (C=O) groups is 3. The van der Waals surface area contributed by atoms with E-state index in [2.05, 4.69) is 5.32 Å². The van der Waals surface area contributed by atoms with Crippen molar-refractivity contribution in [3.8, 4) is 0 Å². The zero-order chi connectivity index (χ0) is 17.9. The number of imide groups is 1. The molecule has 2 fully saturated rings. The highest BCUT2D eigenvalue weighted by molar-refractivity contribution is 6.13. The Kier molecular flexibility index (Phi) is 3.49. The SMILES string of the molecule is COCCN1C(=O)[C@H]2[C@@H](C1=O)[C@@]1([NH2+][C@@H]2C)C(=O)Nc2ccc(C)cc21. The molecular weight excluding hydrogens is 322 g/mol. The van der Waals surface area contributed by atoms with Gasteiger partial charge in [0.25, 0.3) is 5.91 Å². The summed E-state index contributed by atoms with van der Waals surface area (Å²) in [5.41, 5.74) is 1.51. The molecular formula is C18H22N3O4+. The molecule has 0 radical (unpaired) electrons. The monoisotopic (exact) mass is 344 g/mol. The fourth-order valence-corrected chi connectivity index (χ4v) is 4.72. The number of fused-ring (bicyclic) bond motifs is 4. The van der Waals surface area contributed by atoms with Crippen LogP contribution in [0.1, 0.15) is 18.1 Å². The summed E-state index contributed by atoms with van der Waals surface area (Å²) in [6.45, 7) is 4.40.